The van der Waals surface area contributed by atoms with E-state index in [4.69, 9.17) is 10.5 Å². The van der Waals surface area contributed by atoms with E-state index in [1.807, 2.05) is 42.5 Å². The molecule has 2 N–H and O–H groups in total. The van der Waals surface area contributed by atoms with Gasteiger partial charge in [0.1, 0.15) is 5.75 Å². The van der Waals surface area contributed by atoms with Gasteiger partial charge in [0.15, 0.2) is 5.78 Å². The van der Waals surface area contributed by atoms with Gasteiger partial charge in [0.25, 0.3) is 0 Å². The Labute approximate surface area is 127 Å². The van der Waals surface area contributed by atoms with Crippen LogP contribution < -0.4 is 10.5 Å². The number of Topliss-reactive ketones (excluding diaryl/α,β-unsaturated/α-hetero) is 1. The number of fused-ring (bicyclic) bond motifs is 1. The quantitative estimate of drug-likeness (QED) is 0.731. The predicted molar refractivity (Wildman–Crippen MR) is 88.2 cm³/mol. The van der Waals surface area contributed by atoms with Gasteiger partial charge in [-0.2, -0.15) is 0 Å². The van der Waals surface area contributed by atoms with Gasteiger partial charge in [-0.05, 0) is 23.3 Å². The number of anilines is 1. The van der Waals surface area contributed by atoms with Crippen molar-refractivity contribution in [3.05, 3.63) is 47.3 Å². The zero-order valence-electron chi connectivity index (χ0n) is 11.8. The van der Waals surface area contributed by atoms with E-state index in [-0.39, 0.29) is 5.78 Å². The molecule has 0 atom stereocenters. The molecule has 0 bridgehead atoms. The van der Waals surface area contributed by atoms with Gasteiger partial charge >= 0.3 is 0 Å². The first-order valence-electron chi connectivity index (χ1n) is 6.58. The van der Waals surface area contributed by atoms with Crippen LogP contribution in [0.4, 0.5) is 5.69 Å². The van der Waals surface area contributed by atoms with E-state index in [1.165, 1.54) is 11.3 Å². The van der Waals surface area contributed by atoms with E-state index in [0.717, 1.165) is 27.0 Å². The van der Waals surface area contributed by atoms with Crippen LogP contribution in [0, 0.1) is 0 Å². The lowest BCUT2D eigenvalue weighted by atomic mass is 10.0. The molecule has 0 aliphatic rings. The van der Waals surface area contributed by atoms with E-state index in [9.17, 15) is 4.79 Å². The summed E-state index contributed by atoms with van der Waals surface area (Å²) in [7, 11) is 1.65. The zero-order valence-corrected chi connectivity index (χ0v) is 12.7. The molecule has 3 rings (SSSR count). The number of rotatable bonds is 3. The minimum absolute atomic E-state index is 0.00869. The summed E-state index contributed by atoms with van der Waals surface area (Å²) in [6.07, 6.45) is 0. The molecule has 4 heteroatoms. The first-order chi connectivity index (χ1) is 10.1. The molecule has 106 valence electrons. The van der Waals surface area contributed by atoms with Crippen LogP contribution in [0.25, 0.3) is 21.2 Å². The van der Waals surface area contributed by atoms with Crippen LogP contribution in [-0.2, 0) is 0 Å². The average Bonchev–Trinajstić information content (AvgIpc) is 2.85. The van der Waals surface area contributed by atoms with Crippen LogP contribution in [0.15, 0.2) is 42.5 Å². The zero-order chi connectivity index (χ0) is 15.0. The van der Waals surface area contributed by atoms with Crippen LogP contribution in [0.3, 0.4) is 0 Å². The third kappa shape index (κ3) is 2.28. The fraction of sp³-hybridized carbons (Fsp3) is 0.118. The smallest absolute Gasteiger partial charge is 0.171 e. The lowest BCUT2D eigenvalue weighted by Crippen LogP contribution is -1.93. The monoisotopic (exact) mass is 297 g/mol. The van der Waals surface area contributed by atoms with E-state index in [0.29, 0.717) is 10.6 Å². The number of benzene rings is 2. The van der Waals surface area contributed by atoms with Crippen molar-refractivity contribution in [3.63, 3.8) is 0 Å². The highest BCUT2D eigenvalue weighted by Crippen LogP contribution is 2.40. The molecule has 1 heterocycles. The summed E-state index contributed by atoms with van der Waals surface area (Å²) in [5.41, 5.74) is 8.85. The topological polar surface area (TPSA) is 52.3 Å². The summed E-state index contributed by atoms with van der Waals surface area (Å²) in [6.45, 7) is 1.55. The first-order valence-corrected chi connectivity index (χ1v) is 7.40. The number of hydrogen-bond donors (Lipinski definition) is 1. The van der Waals surface area contributed by atoms with Crippen LogP contribution >= 0.6 is 11.3 Å². The Morgan fingerprint density at radius 2 is 1.86 bits per heavy atom. The summed E-state index contributed by atoms with van der Waals surface area (Å²) >= 11 is 1.46. The number of ketones is 1. The number of ether oxygens (including phenoxy) is 1. The molecule has 0 spiro atoms. The fourth-order valence-electron chi connectivity index (χ4n) is 2.40. The van der Waals surface area contributed by atoms with Crippen LogP contribution in [-0.4, -0.2) is 12.9 Å². The summed E-state index contributed by atoms with van der Waals surface area (Å²) in [4.78, 5) is 12.3. The van der Waals surface area contributed by atoms with Crippen molar-refractivity contribution in [3.8, 4) is 16.9 Å². The molecule has 3 nitrogen and oxygen atoms in total. The van der Waals surface area contributed by atoms with E-state index < -0.39 is 0 Å². The molecule has 0 radical (unpaired) electrons. The molecule has 0 amide bonds. The molecule has 0 saturated carbocycles. The highest BCUT2D eigenvalue weighted by Gasteiger charge is 2.15. The standard InChI is InChI=1S/C17H15NO2S/c1-10(19)16-15(18)14-5-3-4-13(17(14)21-16)11-6-8-12(20-2)9-7-11/h3-9H,18H2,1-2H3. The van der Waals surface area contributed by atoms with Gasteiger partial charge in [0.2, 0.25) is 0 Å². The van der Waals surface area contributed by atoms with Gasteiger partial charge in [-0.3, -0.25) is 4.79 Å². The predicted octanol–water partition coefficient (Wildman–Crippen LogP) is 4.36. The molecule has 0 aliphatic heterocycles. The van der Waals surface area contributed by atoms with Crippen molar-refractivity contribution in [2.45, 2.75) is 6.92 Å². The Hall–Kier alpha value is -2.33. The van der Waals surface area contributed by atoms with Crippen molar-refractivity contribution in [2.75, 3.05) is 12.8 Å². The first kappa shape index (κ1) is 13.6. The molecule has 0 unspecified atom stereocenters. The lowest BCUT2D eigenvalue weighted by molar-refractivity contribution is 0.102. The van der Waals surface area contributed by atoms with Gasteiger partial charge in [0, 0.05) is 17.0 Å². The summed E-state index contributed by atoms with van der Waals surface area (Å²) in [6, 6.07) is 13.8. The third-order valence-electron chi connectivity index (χ3n) is 3.47. The molecular formula is C17H15NO2S. The Bertz CT molecular complexity index is 819. The van der Waals surface area contributed by atoms with Crippen molar-refractivity contribution < 1.29 is 9.53 Å². The van der Waals surface area contributed by atoms with Gasteiger partial charge in [-0.1, -0.05) is 30.3 Å². The number of hydrogen-bond acceptors (Lipinski definition) is 4. The molecular weight excluding hydrogens is 282 g/mol. The summed E-state index contributed by atoms with van der Waals surface area (Å²) in [5.74, 6) is 0.829. The number of carbonyl (C=O) groups is 1. The van der Waals surface area contributed by atoms with Gasteiger partial charge in [-0.25, -0.2) is 0 Å². The molecule has 0 aliphatic carbocycles. The Balaban J connectivity index is 2.22. The Morgan fingerprint density at radius 1 is 1.14 bits per heavy atom. The second kappa shape index (κ2) is 5.22. The molecule has 0 fully saturated rings. The number of methoxy groups -OCH3 is 1. The van der Waals surface area contributed by atoms with Crippen molar-refractivity contribution in [1.82, 2.24) is 0 Å². The second-order valence-electron chi connectivity index (χ2n) is 4.81. The summed E-state index contributed by atoms with van der Waals surface area (Å²) < 4.78 is 6.23. The highest BCUT2D eigenvalue weighted by molar-refractivity contribution is 7.22. The fourth-order valence-corrected chi connectivity index (χ4v) is 3.55. The Morgan fingerprint density at radius 3 is 2.48 bits per heavy atom. The number of carbonyl (C=O) groups excluding carboxylic acids is 1. The number of thiophene rings is 1. The van der Waals surface area contributed by atoms with Crippen LogP contribution in [0.1, 0.15) is 16.6 Å². The van der Waals surface area contributed by atoms with Gasteiger partial charge in [-0.15, -0.1) is 11.3 Å². The minimum atomic E-state index is 0.00869. The Kier molecular flexibility index (Phi) is 3.39. The summed E-state index contributed by atoms with van der Waals surface area (Å²) in [5, 5.41) is 0.943. The van der Waals surface area contributed by atoms with Gasteiger partial charge in [0.05, 0.1) is 17.7 Å². The molecule has 1 aromatic heterocycles. The highest BCUT2D eigenvalue weighted by atomic mass is 32.1. The molecule has 3 aromatic rings. The average molecular weight is 297 g/mol. The van der Waals surface area contributed by atoms with E-state index >= 15 is 0 Å². The number of nitrogen functional groups attached to an aromatic ring is 1. The maximum absolute atomic E-state index is 11.7. The SMILES string of the molecule is COc1ccc(-c2cccc3c(N)c(C(C)=O)sc23)cc1. The largest absolute Gasteiger partial charge is 0.497 e. The molecule has 0 saturated heterocycles. The number of nitrogens with two attached hydrogens (primary N) is 1. The molecule has 2 aromatic carbocycles. The minimum Gasteiger partial charge on any atom is -0.497 e. The van der Waals surface area contributed by atoms with Crippen molar-refractivity contribution in [2.24, 2.45) is 0 Å². The van der Waals surface area contributed by atoms with Crippen LogP contribution in [0.5, 0.6) is 5.75 Å². The normalized spacial score (nSPS) is 10.8. The lowest BCUT2D eigenvalue weighted by Gasteiger charge is -2.05. The molecule has 21 heavy (non-hydrogen) atoms. The maximum Gasteiger partial charge on any atom is 0.171 e. The maximum atomic E-state index is 11.7. The van der Waals surface area contributed by atoms with Crippen molar-refractivity contribution >= 4 is 32.9 Å². The van der Waals surface area contributed by atoms with E-state index in [2.05, 4.69) is 0 Å². The van der Waals surface area contributed by atoms with Crippen molar-refractivity contribution in [1.29, 1.82) is 0 Å². The van der Waals surface area contributed by atoms with Crippen LogP contribution in [0.2, 0.25) is 0 Å². The second-order valence-corrected chi connectivity index (χ2v) is 5.83. The van der Waals surface area contributed by atoms with E-state index in [1.54, 1.807) is 14.0 Å². The third-order valence-corrected chi connectivity index (χ3v) is 4.83. The van der Waals surface area contributed by atoms with Gasteiger partial charge < -0.3 is 10.5 Å².